The number of halogens is 1. The molecule has 0 aliphatic carbocycles. The van der Waals surface area contributed by atoms with Crippen molar-refractivity contribution >= 4 is 35.2 Å². The summed E-state index contributed by atoms with van der Waals surface area (Å²) in [5.41, 5.74) is 1.35. The Morgan fingerprint density at radius 3 is 2.31 bits per heavy atom. The molecule has 1 heterocycles. The number of hydrogen-bond acceptors (Lipinski definition) is 7. The highest BCUT2D eigenvalue weighted by Crippen LogP contribution is 2.42. The minimum atomic E-state index is -0.865. The van der Waals surface area contributed by atoms with E-state index in [1.807, 2.05) is 0 Å². The van der Waals surface area contributed by atoms with Crippen molar-refractivity contribution in [3.8, 4) is 0 Å². The first kappa shape index (κ1) is 22.6. The largest absolute Gasteiger partial charge is 0.465 e. The maximum atomic E-state index is 12.9. The molecule has 0 bridgehead atoms. The van der Waals surface area contributed by atoms with Crippen molar-refractivity contribution in [3.05, 3.63) is 46.1 Å². The van der Waals surface area contributed by atoms with Crippen LogP contribution in [0.2, 0.25) is 5.02 Å². The molecule has 0 amide bonds. The van der Waals surface area contributed by atoms with E-state index < -0.39 is 29.7 Å². The van der Waals surface area contributed by atoms with Crippen molar-refractivity contribution in [2.45, 2.75) is 33.6 Å². The molecule has 0 saturated heterocycles. The molecule has 0 fully saturated rings. The van der Waals surface area contributed by atoms with Crippen molar-refractivity contribution in [3.63, 3.8) is 0 Å². The highest BCUT2D eigenvalue weighted by Gasteiger charge is 2.44. The summed E-state index contributed by atoms with van der Waals surface area (Å²) >= 11 is 6.42. The van der Waals surface area contributed by atoms with Crippen molar-refractivity contribution in [1.82, 2.24) is 0 Å². The van der Waals surface area contributed by atoms with Crippen LogP contribution in [0.5, 0.6) is 0 Å². The van der Waals surface area contributed by atoms with Gasteiger partial charge in [0.2, 0.25) is 0 Å². The lowest BCUT2D eigenvalue weighted by molar-refractivity contribution is -0.146. The molecule has 1 aromatic carbocycles. The van der Waals surface area contributed by atoms with Gasteiger partial charge in [0, 0.05) is 23.6 Å². The van der Waals surface area contributed by atoms with Gasteiger partial charge in [0.25, 0.3) is 0 Å². The molecule has 2 unspecified atom stereocenters. The van der Waals surface area contributed by atoms with Gasteiger partial charge in [-0.2, -0.15) is 0 Å². The molecule has 0 radical (unpaired) electrons. The van der Waals surface area contributed by atoms with Crippen molar-refractivity contribution < 1.29 is 28.6 Å². The summed E-state index contributed by atoms with van der Waals surface area (Å²) in [5.74, 6) is -3.34. The Morgan fingerprint density at radius 1 is 1.07 bits per heavy atom. The molecular weight excluding hydrogens is 398 g/mol. The number of carbonyl (C=O) groups is 3. The minimum Gasteiger partial charge on any atom is -0.465 e. The predicted octanol–water partition coefficient (Wildman–Crippen LogP) is 3.46. The van der Waals surface area contributed by atoms with Gasteiger partial charge in [-0.3, -0.25) is 14.6 Å². The van der Waals surface area contributed by atoms with E-state index in [4.69, 9.17) is 25.8 Å². The highest BCUT2D eigenvalue weighted by atomic mass is 35.5. The van der Waals surface area contributed by atoms with Crippen LogP contribution < -0.4 is 0 Å². The van der Waals surface area contributed by atoms with Crippen LogP contribution in [0.25, 0.3) is 0 Å². The Balaban J connectivity index is 2.71. The van der Waals surface area contributed by atoms with Gasteiger partial charge in [-0.1, -0.05) is 29.8 Å². The molecule has 156 valence electrons. The zero-order valence-corrected chi connectivity index (χ0v) is 17.6. The van der Waals surface area contributed by atoms with Crippen LogP contribution in [-0.4, -0.2) is 43.4 Å². The second kappa shape index (κ2) is 10.2. The molecule has 1 aliphatic heterocycles. The Hall–Kier alpha value is -2.67. The third-order valence-corrected chi connectivity index (χ3v) is 4.75. The van der Waals surface area contributed by atoms with Gasteiger partial charge in [0.1, 0.15) is 12.5 Å². The minimum absolute atomic E-state index is 0.129. The third kappa shape index (κ3) is 5.23. The molecule has 0 saturated carbocycles. The maximum Gasteiger partial charge on any atom is 0.336 e. The number of aliphatic imine (C=N–C) groups is 1. The molecule has 7 nitrogen and oxygen atoms in total. The zero-order valence-electron chi connectivity index (χ0n) is 16.9. The lowest BCUT2D eigenvalue weighted by Crippen LogP contribution is -2.37. The molecule has 0 N–H and O–H groups in total. The summed E-state index contributed by atoms with van der Waals surface area (Å²) in [6, 6.07) is 6.93. The average Bonchev–Trinajstić information content (AvgIpc) is 2.66. The fourth-order valence-electron chi connectivity index (χ4n) is 3.26. The fourth-order valence-corrected chi connectivity index (χ4v) is 3.52. The first-order valence-corrected chi connectivity index (χ1v) is 9.69. The lowest BCUT2D eigenvalue weighted by atomic mass is 9.75. The van der Waals surface area contributed by atoms with Crippen molar-refractivity contribution in [2.75, 3.05) is 19.8 Å². The normalized spacial score (nSPS) is 18.7. The Bertz CT molecular complexity index is 860. The van der Waals surface area contributed by atoms with Gasteiger partial charge >= 0.3 is 17.9 Å². The second-order valence-corrected chi connectivity index (χ2v) is 6.75. The van der Waals surface area contributed by atoms with E-state index in [2.05, 4.69) is 4.99 Å². The third-order valence-electron chi connectivity index (χ3n) is 4.40. The van der Waals surface area contributed by atoms with Gasteiger partial charge in [0.05, 0.1) is 24.5 Å². The number of esters is 3. The van der Waals surface area contributed by atoms with Gasteiger partial charge in [0.15, 0.2) is 0 Å². The standard InChI is InChI=1S/C21H24ClNO6/c1-5-27-20(25)17-12(3)23-16(11-29-13(4)24)19(21(26)28-6-2)18(17)14-9-7-8-10-15(14)22/h7-10,17-18H,5-6,11H2,1-4H3. The van der Waals surface area contributed by atoms with Crippen LogP contribution in [0, 0.1) is 5.92 Å². The van der Waals surface area contributed by atoms with Crippen LogP contribution in [0.4, 0.5) is 0 Å². The van der Waals surface area contributed by atoms with E-state index in [-0.39, 0.29) is 31.1 Å². The molecule has 0 aromatic heterocycles. The number of carbonyl (C=O) groups excluding carboxylic acids is 3. The Morgan fingerprint density at radius 2 is 1.72 bits per heavy atom. The summed E-state index contributed by atoms with van der Waals surface area (Å²) in [6.45, 7) is 6.39. The van der Waals surface area contributed by atoms with Gasteiger partial charge in [-0.05, 0) is 32.4 Å². The zero-order chi connectivity index (χ0) is 21.6. The van der Waals surface area contributed by atoms with E-state index in [9.17, 15) is 14.4 Å². The summed E-state index contributed by atoms with van der Waals surface area (Å²) in [5, 5.41) is 0.384. The van der Waals surface area contributed by atoms with Gasteiger partial charge in [-0.25, -0.2) is 4.79 Å². The molecule has 2 atom stereocenters. The van der Waals surface area contributed by atoms with Crippen LogP contribution in [0.1, 0.15) is 39.2 Å². The molecule has 0 spiro atoms. The van der Waals surface area contributed by atoms with Crippen molar-refractivity contribution in [2.24, 2.45) is 10.9 Å². The molecule has 1 aliphatic rings. The quantitative estimate of drug-likeness (QED) is 0.494. The fraction of sp³-hybridized carbons (Fsp3) is 0.429. The van der Waals surface area contributed by atoms with E-state index in [0.717, 1.165) is 0 Å². The summed E-state index contributed by atoms with van der Waals surface area (Å²) in [4.78, 5) is 41.4. The van der Waals surface area contributed by atoms with E-state index in [0.29, 0.717) is 16.3 Å². The monoisotopic (exact) mass is 421 g/mol. The van der Waals surface area contributed by atoms with E-state index in [1.165, 1.54) is 6.92 Å². The topological polar surface area (TPSA) is 91.3 Å². The second-order valence-electron chi connectivity index (χ2n) is 6.34. The molecule has 1 aromatic rings. The summed E-state index contributed by atoms with van der Waals surface area (Å²) in [7, 11) is 0. The number of rotatable bonds is 7. The van der Waals surface area contributed by atoms with Gasteiger partial charge in [-0.15, -0.1) is 0 Å². The average molecular weight is 422 g/mol. The van der Waals surface area contributed by atoms with E-state index >= 15 is 0 Å². The summed E-state index contributed by atoms with van der Waals surface area (Å²) < 4.78 is 15.6. The number of benzene rings is 1. The first-order chi connectivity index (χ1) is 13.8. The SMILES string of the molecule is CCOC(=O)C1=C(COC(C)=O)N=C(C)C(C(=O)OCC)C1c1ccccc1Cl. The van der Waals surface area contributed by atoms with Crippen LogP contribution in [-0.2, 0) is 28.6 Å². The predicted molar refractivity (Wildman–Crippen MR) is 108 cm³/mol. The highest BCUT2D eigenvalue weighted by molar-refractivity contribution is 6.31. The Kier molecular flexibility index (Phi) is 7.96. The smallest absolute Gasteiger partial charge is 0.336 e. The van der Waals surface area contributed by atoms with Crippen LogP contribution >= 0.6 is 11.6 Å². The molecule has 8 heteroatoms. The Labute approximate surface area is 174 Å². The van der Waals surface area contributed by atoms with E-state index in [1.54, 1.807) is 45.0 Å². The number of ether oxygens (including phenoxy) is 3. The maximum absolute atomic E-state index is 12.9. The van der Waals surface area contributed by atoms with Crippen LogP contribution in [0.3, 0.4) is 0 Å². The lowest BCUT2D eigenvalue weighted by Gasteiger charge is -2.32. The first-order valence-electron chi connectivity index (χ1n) is 9.31. The van der Waals surface area contributed by atoms with Crippen LogP contribution in [0.15, 0.2) is 40.5 Å². The molecule has 2 rings (SSSR count). The molecule has 29 heavy (non-hydrogen) atoms. The van der Waals surface area contributed by atoms with Gasteiger partial charge < -0.3 is 14.2 Å². The number of nitrogens with zero attached hydrogens (tertiary/aromatic N) is 1. The van der Waals surface area contributed by atoms with Crippen molar-refractivity contribution in [1.29, 1.82) is 0 Å². The molecular formula is C21H24ClNO6. The summed E-state index contributed by atoms with van der Waals surface area (Å²) in [6.07, 6.45) is 0. The number of hydrogen-bond donors (Lipinski definition) is 0.